The quantitative estimate of drug-likeness (QED) is 0.677. The molecule has 0 aromatic heterocycles. The van der Waals surface area contributed by atoms with Crippen LogP contribution < -0.4 is 0 Å². The number of carboxylic acids is 1. The third kappa shape index (κ3) is 4.10. The van der Waals surface area contributed by atoms with Crippen LogP contribution in [0.4, 0.5) is 0 Å². The van der Waals surface area contributed by atoms with Gasteiger partial charge in [0.05, 0.1) is 18.2 Å². The van der Waals surface area contributed by atoms with E-state index in [4.69, 9.17) is 5.11 Å². The molecule has 2 aromatic rings. The number of carbonyl (C=O) groups is 2. The first kappa shape index (κ1) is 15.1. The number of methoxy groups -OCH3 is 1. The van der Waals surface area contributed by atoms with E-state index in [1.807, 2.05) is 12.1 Å². The SMILES string of the molecule is COC(=O)c1cccc(CSc2cccc(C(=O)O)c2)c1. The van der Waals surface area contributed by atoms with Crippen molar-refractivity contribution in [3.63, 3.8) is 0 Å². The van der Waals surface area contributed by atoms with Crippen molar-refractivity contribution in [3.05, 3.63) is 65.2 Å². The van der Waals surface area contributed by atoms with Crippen molar-refractivity contribution in [1.29, 1.82) is 0 Å². The van der Waals surface area contributed by atoms with E-state index in [0.29, 0.717) is 11.3 Å². The minimum Gasteiger partial charge on any atom is -0.478 e. The van der Waals surface area contributed by atoms with Crippen LogP contribution in [0.2, 0.25) is 0 Å². The molecule has 21 heavy (non-hydrogen) atoms. The average molecular weight is 302 g/mol. The third-order valence-electron chi connectivity index (χ3n) is 2.83. The van der Waals surface area contributed by atoms with Crippen LogP contribution in [0, 0.1) is 0 Å². The topological polar surface area (TPSA) is 63.6 Å². The Morgan fingerprint density at radius 1 is 1.10 bits per heavy atom. The van der Waals surface area contributed by atoms with Crippen LogP contribution in [0.15, 0.2) is 53.4 Å². The van der Waals surface area contributed by atoms with E-state index in [0.717, 1.165) is 10.5 Å². The van der Waals surface area contributed by atoms with E-state index in [9.17, 15) is 9.59 Å². The van der Waals surface area contributed by atoms with Gasteiger partial charge in [-0.2, -0.15) is 0 Å². The molecule has 0 amide bonds. The summed E-state index contributed by atoms with van der Waals surface area (Å²) in [6.07, 6.45) is 0. The normalized spacial score (nSPS) is 10.1. The van der Waals surface area contributed by atoms with Gasteiger partial charge in [0.15, 0.2) is 0 Å². The van der Waals surface area contributed by atoms with Crippen molar-refractivity contribution < 1.29 is 19.4 Å². The fourth-order valence-electron chi connectivity index (χ4n) is 1.79. The summed E-state index contributed by atoms with van der Waals surface area (Å²) in [6, 6.07) is 14.0. The molecule has 1 N–H and O–H groups in total. The number of benzene rings is 2. The van der Waals surface area contributed by atoms with Gasteiger partial charge < -0.3 is 9.84 Å². The zero-order chi connectivity index (χ0) is 15.2. The first-order valence-corrected chi connectivity index (χ1v) is 7.22. The highest BCUT2D eigenvalue weighted by Gasteiger charge is 2.07. The Hall–Kier alpha value is -2.27. The van der Waals surface area contributed by atoms with E-state index >= 15 is 0 Å². The number of esters is 1. The second-order valence-electron chi connectivity index (χ2n) is 4.31. The molecule has 2 rings (SSSR count). The zero-order valence-electron chi connectivity index (χ0n) is 11.4. The van der Waals surface area contributed by atoms with Crippen LogP contribution in [-0.4, -0.2) is 24.2 Å². The van der Waals surface area contributed by atoms with Crippen LogP contribution in [-0.2, 0) is 10.5 Å². The van der Waals surface area contributed by atoms with Gasteiger partial charge in [-0.25, -0.2) is 9.59 Å². The van der Waals surface area contributed by atoms with Crippen molar-refractivity contribution in [1.82, 2.24) is 0 Å². The number of thioether (sulfide) groups is 1. The van der Waals surface area contributed by atoms with Gasteiger partial charge in [-0.15, -0.1) is 11.8 Å². The Labute approximate surface area is 126 Å². The minimum absolute atomic E-state index is 0.267. The summed E-state index contributed by atoms with van der Waals surface area (Å²) < 4.78 is 4.69. The van der Waals surface area contributed by atoms with Gasteiger partial charge in [0.25, 0.3) is 0 Å². The van der Waals surface area contributed by atoms with E-state index in [-0.39, 0.29) is 11.5 Å². The molecule has 0 bridgehead atoms. The predicted molar refractivity (Wildman–Crippen MR) is 80.7 cm³/mol. The summed E-state index contributed by atoms with van der Waals surface area (Å²) >= 11 is 1.52. The number of ether oxygens (including phenoxy) is 1. The minimum atomic E-state index is -0.940. The largest absolute Gasteiger partial charge is 0.478 e. The molecule has 0 spiro atoms. The second kappa shape index (κ2) is 6.95. The fraction of sp³-hybridized carbons (Fsp3) is 0.125. The van der Waals surface area contributed by atoms with Crippen molar-refractivity contribution in [3.8, 4) is 0 Å². The summed E-state index contributed by atoms with van der Waals surface area (Å²) in [4.78, 5) is 23.3. The Morgan fingerprint density at radius 3 is 2.52 bits per heavy atom. The van der Waals surface area contributed by atoms with Crippen LogP contribution in [0.1, 0.15) is 26.3 Å². The number of aromatic carboxylic acids is 1. The second-order valence-corrected chi connectivity index (χ2v) is 5.36. The van der Waals surface area contributed by atoms with E-state index in [1.165, 1.54) is 18.9 Å². The van der Waals surface area contributed by atoms with Gasteiger partial charge in [-0.3, -0.25) is 0 Å². The molecule has 0 unspecified atom stereocenters. The molecule has 0 aliphatic carbocycles. The molecule has 0 fully saturated rings. The van der Waals surface area contributed by atoms with Crippen molar-refractivity contribution >= 4 is 23.7 Å². The van der Waals surface area contributed by atoms with Crippen LogP contribution in [0.3, 0.4) is 0 Å². The van der Waals surface area contributed by atoms with Crippen molar-refractivity contribution in [2.24, 2.45) is 0 Å². The highest BCUT2D eigenvalue weighted by atomic mass is 32.2. The zero-order valence-corrected chi connectivity index (χ0v) is 12.2. The predicted octanol–water partition coefficient (Wildman–Crippen LogP) is 3.46. The number of carboxylic acid groups (broad SMARTS) is 1. The number of hydrogen-bond donors (Lipinski definition) is 1. The highest BCUT2D eigenvalue weighted by Crippen LogP contribution is 2.24. The summed E-state index contributed by atoms with van der Waals surface area (Å²) in [6.45, 7) is 0. The van der Waals surface area contributed by atoms with Crippen LogP contribution in [0.5, 0.6) is 0 Å². The average Bonchev–Trinajstić information content (AvgIpc) is 2.52. The Bertz CT molecular complexity index is 667. The first-order valence-electron chi connectivity index (χ1n) is 6.23. The lowest BCUT2D eigenvalue weighted by Crippen LogP contribution is -2.01. The van der Waals surface area contributed by atoms with Crippen LogP contribution in [0.25, 0.3) is 0 Å². The van der Waals surface area contributed by atoms with Gasteiger partial charge in [0.1, 0.15) is 0 Å². The third-order valence-corrected chi connectivity index (χ3v) is 3.90. The molecule has 0 saturated heterocycles. The maximum atomic E-state index is 11.5. The summed E-state index contributed by atoms with van der Waals surface area (Å²) in [5, 5.41) is 8.96. The lowest BCUT2D eigenvalue weighted by Gasteiger charge is -2.05. The molecule has 0 heterocycles. The van der Waals surface area contributed by atoms with Crippen molar-refractivity contribution in [2.75, 3.05) is 7.11 Å². The molecule has 0 radical (unpaired) electrons. The van der Waals surface area contributed by atoms with E-state index < -0.39 is 5.97 Å². The lowest BCUT2D eigenvalue weighted by molar-refractivity contribution is 0.0599. The molecule has 0 aliphatic rings. The maximum Gasteiger partial charge on any atom is 0.337 e. The van der Waals surface area contributed by atoms with E-state index in [1.54, 1.807) is 36.4 Å². The van der Waals surface area contributed by atoms with Gasteiger partial charge in [-0.05, 0) is 35.9 Å². The van der Waals surface area contributed by atoms with Crippen molar-refractivity contribution in [2.45, 2.75) is 10.6 Å². The lowest BCUT2D eigenvalue weighted by atomic mass is 10.1. The summed E-state index contributed by atoms with van der Waals surface area (Å²) in [5.41, 5.74) is 1.75. The summed E-state index contributed by atoms with van der Waals surface area (Å²) in [7, 11) is 1.35. The molecule has 2 aromatic carbocycles. The van der Waals surface area contributed by atoms with Gasteiger partial charge in [0.2, 0.25) is 0 Å². The van der Waals surface area contributed by atoms with E-state index in [2.05, 4.69) is 4.74 Å². The maximum absolute atomic E-state index is 11.5. The molecule has 0 aliphatic heterocycles. The molecule has 0 saturated carbocycles. The Balaban J connectivity index is 2.08. The molecular formula is C16H14O4S. The Morgan fingerprint density at radius 2 is 1.81 bits per heavy atom. The highest BCUT2D eigenvalue weighted by molar-refractivity contribution is 7.98. The van der Waals surface area contributed by atoms with Gasteiger partial charge >= 0.3 is 11.9 Å². The molecule has 108 valence electrons. The van der Waals surface area contributed by atoms with Gasteiger partial charge in [-0.1, -0.05) is 18.2 Å². The fourth-order valence-corrected chi connectivity index (χ4v) is 2.69. The number of rotatable bonds is 5. The molecule has 5 heteroatoms. The molecular weight excluding hydrogens is 288 g/mol. The molecule has 4 nitrogen and oxygen atoms in total. The number of hydrogen-bond acceptors (Lipinski definition) is 4. The van der Waals surface area contributed by atoms with Crippen LogP contribution >= 0.6 is 11.8 Å². The Kier molecular flexibility index (Phi) is 5.00. The standard InChI is InChI=1S/C16H14O4S/c1-20-16(19)13-6-2-4-11(8-13)10-21-14-7-3-5-12(9-14)15(17)18/h2-9H,10H2,1H3,(H,17,18). The first-order chi connectivity index (χ1) is 10.1. The molecule has 0 atom stereocenters. The smallest absolute Gasteiger partial charge is 0.337 e. The number of carbonyl (C=O) groups excluding carboxylic acids is 1. The monoisotopic (exact) mass is 302 g/mol. The van der Waals surface area contributed by atoms with Gasteiger partial charge in [0, 0.05) is 10.6 Å². The summed E-state index contributed by atoms with van der Waals surface area (Å²) in [5.74, 6) is -0.659.